The zero-order chi connectivity index (χ0) is 15.3. The lowest BCUT2D eigenvalue weighted by Crippen LogP contribution is -2.27. The second-order valence-electron chi connectivity index (χ2n) is 4.24. The zero-order valence-corrected chi connectivity index (χ0v) is 11.8. The second kappa shape index (κ2) is 4.60. The van der Waals surface area contributed by atoms with Crippen LogP contribution >= 0.6 is 11.3 Å². The average molecular weight is 332 g/mol. The van der Waals surface area contributed by atoms with Crippen LogP contribution in [0.25, 0.3) is 20.2 Å². The van der Waals surface area contributed by atoms with Crippen LogP contribution in [0.4, 0.5) is 13.2 Å². The SMILES string of the molecule is O=S(=O)(Oc1ccc2c(c1)sc1ccccc12)C(F)(F)F. The summed E-state index contributed by atoms with van der Waals surface area (Å²) in [5, 5.41) is 1.80. The number of alkyl halides is 3. The van der Waals surface area contributed by atoms with Gasteiger partial charge in [-0.05, 0) is 24.3 Å². The first kappa shape index (κ1) is 14.2. The molecule has 1 heterocycles. The van der Waals surface area contributed by atoms with Gasteiger partial charge in [0.05, 0.1) is 0 Å². The Labute approximate surface area is 121 Å². The molecule has 0 saturated carbocycles. The van der Waals surface area contributed by atoms with Crippen molar-refractivity contribution in [2.45, 2.75) is 5.51 Å². The molecule has 8 heteroatoms. The van der Waals surface area contributed by atoms with Crippen LogP contribution in [0.1, 0.15) is 0 Å². The van der Waals surface area contributed by atoms with E-state index in [4.69, 9.17) is 0 Å². The molecule has 0 aliphatic rings. The van der Waals surface area contributed by atoms with Crippen molar-refractivity contribution in [3.8, 4) is 5.75 Å². The maximum atomic E-state index is 12.3. The Kier molecular flexibility index (Phi) is 3.10. The van der Waals surface area contributed by atoms with Gasteiger partial charge in [-0.3, -0.25) is 0 Å². The highest BCUT2D eigenvalue weighted by molar-refractivity contribution is 7.88. The van der Waals surface area contributed by atoms with Crippen molar-refractivity contribution < 1.29 is 25.8 Å². The lowest BCUT2D eigenvalue weighted by atomic mass is 10.1. The third-order valence-electron chi connectivity index (χ3n) is 2.84. The molecule has 3 nitrogen and oxygen atoms in total. The van der Waals surface area contributed by atoms with E-state index < -0.39 is 15.6 Å². The quantitative estimate of drug-likeness (QED) is 0.519. The summed E-state index contributed by atoms with van der Waals surface area (Å²) in [6.45, 7) is 0. The largest absolute Gasteiger partial charge is 0.534 e. The summed E-state index contributed by atoms with van der Waals surface area (Å²) in [5.41, 5.74) is -5.44. The molecule has 0 atom stereocenters. The van der Waals surface area contributed by atoms with Crippen molar-refractivity contribution in [2.24, 2.45) is 0 Å². The summed E-state index contributed by atoms with van der Waals surface area (Å²) in [6, 6.07) is 11.5. The fourth-order valence-electron chi connectivity index (χ4n) is 1.93. The molecule has 0 bridgehead atoms. The molecule has 0 spiro atoms. The molecule has 0 N–H and O–H groups in total. The molecule has 0 amide bonds. The molecule has 1 aromatic heterocycles. The van der Waals surface area contributed by atoms with E-state index in [0.717, 1.165) is 15.5 Å². The van der Waals surface area contributed by atoms with E-state index in [-0.39, 0.29) is 5.75 Å². The van der Waals surface area contributed by atoms with Crippen molar-refractivity contribution >= 4 is 41.6 Å². The van der Waals surface area contributed by atoms with Crippen LogP contribution in [-0.2, 0) is 10.1 Å². The Morgan fingerprint density at radius 2 is 1.62 bits per heavy atom. The van der Waals surface area contributed by atoms with Gasteiger partial charge in [-0.15, -0.1) is 11.3 Å². The minimum Gasteiger partial charge on any atom is -0.376 e. The predicted molar refractivity (Wildman–Crippen MR) is 74.9 cm³/mol. The first-order chi connectivity index (χ1) is 9.78. The predicted octanol–water partition coefficient (Wildman–Crippen LogP) is 4.28. The summed E-state index contributed by atoms with van der Waals surface area (Å²) in [5.74, 6) is -0.355. The molecule has 3 aromatic rings. The van der Waals surface area contributed by atoms with Crippen LogP contribution in [0, 0.1) is 0 Å². The van der Waals surface area contributed by atoms with E-state index >= 15 is 0 Å². The van der Waals surface area contributed by atoms with Crippen LogP contribution in [0.3, 0.4) is 0 Å². The molecular formula is C13H7F3O3S2. The number of thiophene rings is 1. The highest BCUT2D eigenvalue weighted by Gasteiger charge is 2.48. The minimum absolute atomic E-state index is 0.355. The molecule has 0 aliphatic carbocycles. The van der Waals surface area contributed by atoms with E-state index in [1.807, 2.05) is 24.3 Å². The maximum Gasteiger partial charge on any atom is 0.534 e. The topological polar surface area (TPSA) is 43.4 Å². The summed E-state index contributed by atoms with van der Waals surface area (Å²) < 4.78 is 64.6. The van der Waals surface area contributed by atoms with Gasteiger partial charge in [0, 0.05) is 20.2 Å². The zero-order valence-electron chi connectivity index (χ0n) is 10.2. The number of hydrogen-bond donors (Lipinski definition) is 0. The van der Waals surface area contributed by atoms with Gasteiger partial charge in [0.1, 0.15) is 5.75 Å². The van der Waals surface area contributed by atoms with Gasteiger partial charge in [-0.2, -0.15) is 21.6 Å². The summed E-state index contributed by atoms with van der Waals surface area (Å²) in [7, 11) is -5.64. The van der Waals surface area contributed by atoms with Gasteiger partial charge in [0.25, 0.3) is 0 Å². The van der Waals surface area contributed by atoms with Crippen molar-refractivity contribution in [3.05, 3.63) is 42.5 Å². The monoisotopic (exact) mass is 332 g/mol. The summed E-state index contributed by atoms with van der Waals surface area (Å²) >= 11 is 1.35. The Morgan fingerprint density at radius 3 is 2.33 bits per heavy atom. The third-order valence-corrected chi connectivity index (χ3v) is 4.95. The molecule has 0 unspecified atom stereocenters. The van der Waals surface area contributed by atoms with Gasteiger partial charge in [0.15, 0.2) is 0 Å². The van der Waals surface area contributed by atoms with Crippen molar-refractivity contribution in [1.82, 2.24) is 0 Å². The highest BCUT2D eigenvalue weighted by Crippen LogP contribution is 2.36. The number of fused-ring (bicyclic) bond motifs is 3. The molecule has 2 aromatic carbocycles. The van der Waals surface area contributed by atoms with Gasteiger partial charge >= 0.3 is 15.6 Å². The average Bonchev–Trinajstić information content (AvgIpc) is 2.74. The van der Waals surface area contributed by atoms with E-state index in [1.54, 1.807) is 6.07 Å². The summed E-state index contributed by atoms with van der Waals surface area (Å²) in [6.07, 6.45) is 0. The standard InChI is InChI=1S/C13H7F3O3S2/c14-13(15,16)21(17,18)19-8-5-6-10-9-3-1-2-4-11(9)20-12(10)7-8/h1-7H. The van der Waals surface area contributed by atoms with E-state index in [1.165, 1.54) is 23.5 Å². The van der Waals surface area contributed by atoms with Crippen LogP contribution in [0.2, 0.25) is 0 Å². The Balaban J connectivity index is 2.08. The van der Waals surface area contributed by atoms with Gasteiger partial charge in [-0.25, -0.2) is 0 Å². The molecule has 0 aliphatic heterocycles. The summed E-state index contributed by atoms with van der Waals surface area (Å²) in [4.78, 5) is 0. The fraction of sp³-hybridized carbons (Fsp3) is 0.0769. The Hall–Kier alpha value is -1.80. The smallest absolute Gasteiger partial charge is 0.376 e. The lowest BCUT2D eigenvalue weighted by molar-refractivity contribution is -0.0500. The molecule has 21 heavy (non-hydrogen) atoms. The van der Waals surface area contributed by atoms with Crippen LogP contribution < -0.4 is 4.18 Å². The molecule has 0 fully saturated rings. The maximum absolute atomic E-state index is 12.3. The molecule has 110 valence electrons. The second-order valence-corrected chi connectivity index (χ2v) is 6.86. The van der Waals surface area contributed by atoms with Crippen molar-refractivity contribution in [1.29, 1.82) is 0 Å². The van der Waals surface area contributed by atoms with E-state index in [9.17, 15) is 21.6 Å². The van der Waals surface area contributed by atoms with Gasteiger partial charge < -0.3 is 4.18 Å². The molecular weight excluding hydrogens is 325 g/mol. The molecule has 0 saturated heterocycles. The van der Waals surface area contributed by atoms with Gasteiger partial charge in [-0.1, -0.05) is 18.2 Å². The number of rotatable bonds is 2. The van der Waals surface area contributed by atoms with E-state index in [2.05, 4.69) is 4.18 Å². The first-order valence-electron chi connectivity index (χ1n) is 5.70. The van der Waals surface area contributed by atoms with Gasteiger partial charge in [0.2, 0.25) is 0 Å². The minimum atomic E-state index is -5.64. The van der Waals surface area contributed by atoms with Crippen LogP contribution in [0.5, 0.6) is 5.75 Å². The van der Waals surface area contributed by atoms with E-state index in [0.29, 0.717) is 4.70 Å². The number of benzene rings is 2. The number of hydrogen-bond acceptors (Lipinski definition) is 4. The fourth-order valence-corrected chi connectivity index (χ4v) is 3.52. The third kappa shape index (κ3) is 2.44. The lowest BCUT2D eigenvalue weighted by Gasteiger charge is -2.09. The Bertz CT molecular complexity index is 927. The highest BCUT2D eigenvalue weighted by atomic mass is 32.2. The molecule has 0 radical (unpaired) electrons. The normalized spacial score (nSPS) is 12.9. The van der Waals surface area contributed by atoms with Crippen LogP contribution in [-0.4, -0.2) is 13.9 Å². The first-order valence-corrected chi connectivity index (χ1v) is 7.92. The Morgan fingerprint density at radius 1 is 0.952 bits per heavy atom. The number of halogens is 3. The van der Waals surface area contributed by atoms with Crippen molar-refractivity contribution in [2.75, 3.05) is 0 Å². The van der Waals surface area contributed by atoms with Crippen LogP contribution in [0.15, 0.2) is 42.5 Å². The molecule has 3 rings (SSSR count). The van der Waals surface area contributed by atoms with Crippen molar-refractivity contribution in [3.63, 3.8) is 0 Å².